The first-order valence-corrected chi connectivity index (χ1v) is 10.9. The number of amides is 1. The number of fused-ring (bicyclic) bond motifs is 1. The second-order valence-corrected chi connectivity index (χ2v) is 8.56. The summed E-state index contributed by atoms with van der Waals surface area (Å²) in [5, 5.41) is 6.31. The lowest BCUT2D eigenvalue weighted by molar-refractivity contribution is 0.0462. The van der Waals surface area contributed by atoms with Crippen molar-refractivity contribution < 1.29 is 14.3 Å². The molecule has 7 heteroatoms. The highest BCUT2D eigenvalue weighted by Crippen LogP contribution is 2.25. The average Bonchev–Trinajstić information content (AvgIpc) is 3.14. The number of ether oxygens (including phenoxy) is 1. The van der Waals surface area contributed by atoms with Crippen molar-refractivity contribution in [3.05, 3.63) is 64.3 Å². The Morgan fingerprint density at radius 1 is 1.16 bits per heavy atom. The molecule has 2 aromatic carbocycles. The molecule has 1 aromatic heterocycles. The summed E-state index contributed by atoms with van der Waals surface area (Å²) in [4.78, 5) is 26.9. The molecule has 2 heterocycles. The van der Waals surface area contributed by atoms with Crippen LogP contribution >= 0.6 is 11.6 Å². The number of carbonyl (C=O) groups excluding carboxylic acids is 2. The molecule has 1 aliphatic heterocycles. The highest BCUT2D eigenvalue weighted by molar-refractivity contribution is 6.30. The van der Waals surface area contributed by atoms with Gasteiger partial charge in [0.15, 0.2) is 5.78 Å². The molecule has 6 nitrogen and oxygen atoms in total. The Morgan fingerprint density at radius 3 is 2.61 bits per heavy atom. The van der Waals surface area contributed by atoms with Crippen molar-refractivity contribution in [2.24, 2.45) is 5.92 Å². The Morgan fingerprint density at radius 2 is 1.90 bits per heavy atom. The van der Waals surface area contributed by atoms with Crippen molar-refractivity contribution in [2.45, 2.75) is 26.3 Å². The number of hydrogen-bond donors (Lipinski definition) is 0. The Labute approximate surface area is 186 Å². The number of carbonyl (C=O) groups is 2. The van der Waals surface area contributed by atoms with E-state index >= 15 is 0 Å². The lowest BCUT2D eigenvalue weighted by Gasteiger charge is -2.39. The number of rotatable bonds is 8. The van der Waals surface area contributed by atoms with E-state index in [1.54, 1.807) is 31.4 Å². The van der Waals surface area contributed by atoms with Crippen LogP contribution in [-0.4, -0.2) is 53.2 Å². The van der Waals surface area contributed by atoms with Crippen molar-refractivity contribution in [3.8, 4) is 0 Å². The van der Waals surface area contributed by atoms with Gasteiger partial charge in [0.2, 0.25) is 0 Å². The van der Waals surface area contributed by atoms with Crippen LogP contribution < -0.4 is 0 Å². The van der Waals surface area contributed by atoms with Gasteiger partial charge in [-0.05, 0) is 55.3 Å². The molecule has 1 amide bonds. The SMILES string of the molecule is COCCCC(=O)c1ccc2nn(CC3CN(C(=O)c4ccc(Cl)cc4)C3)cc2c1C. The van der Waals surface area contributed by atoms with Gasteiger partial charge in [-0.25, -0.2) is 0 Å². The van der Waals surface area contributed by atoms with Crippen LogP contribution in [-0.2, 0) is 11.3 Å². The number of hydrogen-bond acceptors (Lipinski definition) is 4. The van der Waals surface area contributed by atoms with Gasteiger partial charge in [0.05, 0.1) is 5.52 Å². The summed E-state index contributed by atoms with van der Waals surface area (Å²) >= 11 is 5.90. The van der Waals surface area contributed by atoms with Gasteiger partial charge in [-0.1, -0.05) is 11.6 Å². The van der Waals surface area contributed by atoms with Crippen LogP contribution in [0, 0.1) is 12.8 Å². The van der Waals surface area contributed by atoms with Gasteiger partial charge in [0.1, 0.15) is 0 Å². The number of ketones is 1. The molecule has 0 radical (unpaired) electrons. The predicted molar refractivity (Wildman–Crippen MR) is 121 cm³/mol. The molecular formula is C24H26ClN3O3. The van der Waals surface area contributed by atoms with Crippen molar-refractivity contribution >= 4 is 34.2 Å². The monoisotopic (exact) mass is 439 g/mol. The Kier molecular flexibility index (Phi) is 6.39. The van der Waals surface area contributed by atoms with E-state index in [1.807, 2.05) is 34.8 Å². The Bertz CT molecular complexity index is 1100. The van der Waals surface area contributed by atoms with E-state index in [0.717, 1.165) is 35.0 Å². The first-order valence-electron chi connectivity index (χ1n) is 10.5. The fraction of sp³-hybridized carbons (Fsp3) is 0.375. The molecule has 0 bridgehead atoms. The average molecular weight is 440 g/mol. The summed E-state index contributed by atoms with van der Waals surface area (Å²) in [6.45, 7) is 4.73. The van der Waals surface area contributed by atoms with Gasteiger partial charge in [0, 0.05) is 73.4 Å². The molecule has 0 saturated carbocycles. The molecule has 31 heavy (non-hydrogen) atoms. The van der Waals surface area contributed by atoms with E-state index < -0.39 is 0 Å². The largest absolute Gasteiger partial charge is 0.385 e. The molecule has 3 aromatic rings. The maximum atomic E-state index is 12.5. The Hall–Kier alpha value is -2.70. The summed E-state index contributed by atoms with van der Waals surface area (Å²) < 4.78 is 6.98. The number of aryl methyl sites for hydroxylation is 1. The molecule has 162 valence electrons. The summed E-state index contributed by atoms with van der Waals surface area (Å²) in [7, 11) is 1.64. The minimum atomic E-state index is 0.0333. The standard InChI is InChI=1S/C24H26ClN3O3/c1-16-20(23(29)4-3-11-31-2)9-10-22-21(16)15-28(26-22)14-17-12-27(13-17)24(30)18-5-7-19(25)8-6-18/h5-10,15,17H,3-4,11-14H2,1-2H3. The fourth-order valence-electron chi connectivity index (χ4n) is 4.08. The summed E-state index contributed by atoms with van der Waals surface area (Å²) in [5.41, 5.74) is 3.27. The molecule has 0 N–H and O–H groups in total. The summed E-state index contributed by atoms with van der Waals surface area (Å²) in [5.74, 6) is 0.534. The third-order valence-electron chi connectivity index (χ3n) is 5.84. The van der Waals surface area contributed by atoms with Crippen LogP contribution in [0.3, 0.4) is 0 Å². The molecule has 0 spiro atoms. The number of halogens is 1. The number of nitrogens with zero attached hydrogens (tertiary/aromatic N) is 3. The van der Waals surface area contributed by atoms with Crippen LogP contribution in [0.25, 0.3) is 10.9 Å². The molecule has 0 unspecified atom stereocenters. The fourth-order valence-corrected chi connectivity index (χ4v) is 4.20. The minimum Gasteiger partial charge on any atom is -0.385 e. The molecule has 4 rings (SSSR count). The zero-order valence-corrected chi connectivity index (χ0v) is 18.6. The van der Waals surface area contributed by atoms with Crippen LogP contribution in [0.4, 0.5) is 0 Å². The number of methoxy groups -OCH3 is 1. The van der Waals surface area contributed by atoms with Crippen LogP contribution in [0.1, 0.15) is 39.1 Å². The molecule has 1 saturated heterocycles. The lowest BCUT2D eigenvalue weighted by atomic mass is 9.98. The summed E-state index contributed by atoms with van der Waals surface area (Å²) in [6, 6.07) is 10.8. The normalized spacial score (nSPS) is 14.1. The number of likely N-dealkylation sites (tertiary alicyclic amines) is 1. The number of Topliss-reactive ketones (excluding diaryl/α,β-unsaturated/α-hetero) is 1. The highest BCUT2D eigenvalue weighted by Gasteiger charge is 2.31. The first-order chi connectivity index (χ1) is 15.0. The van der Waals surface area contributed by atoms with Gasteiger partial charge in [0.25, 0.3) is 5.91 Å². The van der Waals surface area contributed by atoms with E-state index in [9.17, 15) is 9.59 Å². The molecular weight excluding hydrogens is 414 g/mol. The maximum Gasteiger partial charge on any atom is 0.253 e. The first kappa shape index (κ1) is 21.5. The maximum absolute atomic E-state index is 12.5. The van der Waals surface area contributed by atoms with E-state index in [0.29, 0.717) is 42.6 Å². The van der Waals surface area contributed by atoms with Crippen LogP contribution in [0.15, 0.2) is 42.6 Å². The summed E-state index contributed by atoms with van der Waals surface area (Å²) in [6.07, 6.45) is 3.22. The topological polar surface area (TPSA) is 64.4 Å². The van der Waals surface area contributed by atoms with Crippen molar-refractivity contribution in [1.29, 1.82) is 0 Å². The number of benzene rings is 2. The zero-order chi connectivity index (χ0) is 22.0. The van der Waals surface area contributed by atoms with Crippen LogP contribution in [0.2, 0.25) is 5.02 Å². The third kappa shape index (κ3) is 4.65. The minimum absolute atomic E-state index is 0.0333. The molecule has 1 aliphatic rings. The van der Waals surface area contributed by atoms with Crippen LogP contribution in [0.5, 0.6) is 0 Å². The second kappa shape index (κ2) is 9.20. The lowest BCUT2D eigenvalue weighted by Crippen LogP contribution is -2.51. The van der Waals surface area contributed by atoms with Gasteiger partial charge in [-0.3, -0.25) is 14.3 Å². The molecule has 0 aliphatic carbocycles. The van der Waals surface area contributed by atoms with Crippen molar-refractivity contribution in [3.63, 3.8) is 0 Å². The quantitative estimate of drug-likeness (QED) is 0.386. The van der Waals surface area contributed by atoms with Crippen molar-refractivity contribution in [2.75, 3.05) is 26.8 Å². The zero-order valence-electron chi connectivity index (χ0n) is 17.8. The van der Waals surface area contributed by atoms with Gasteiger partial charge < -0.3 is 9.64 Å². The van der Waals surface area contributed by atoms with E-state index in [4.69, 9.17) is 16.3 Å². The van der Waals surface area contributed by atoms with Crippen molar-refractivity contribution in [1.82, 2.24) is 14.7 Å². The highest BCUT2D eigenvalue weighted by atomic mass is 35.5. The van der Waals surface area contributed by atoms with E-state index in [2.05, 4.69) is 5.10 Å². The van der Waals surface area contributed by atoms with E-state index in [1.165, 1.54) is 0 Å². The van der Waals surface area contributed by atoms with Gasteiger partial charge in [-0.2, -0.15) is 5.10 Å². The Balaban J connectivity index is 1.38. The molecule has 0 atom stereocenters. The smallest absolute Gasteiger partial charge is 0.253 e. The second-order valence-electron chi connectivity index (χ2n) is 8.12. The molecule has 1 fully saturated rings. The predicted octanol–water partition coefficient (Wildman–Crippen LogP) is 4.38. The van der Waals surface area contributed by atoms with Gasteiger partial charge >= 0.3 is 0 Å². The third-order valence-corrected chi connectivity index (χ3v) is 6.09. The number of aromatic nitrogens is 2. The van der Waals surface area contributed by atoms with Gasteiger partial charge in [-0.15, -0.1) is 0 Å². The van der Waals surface area contributed by atoms with E-state index in [-0.39, 0.29) is 11.7 Å².